The van der Waals surface area contributed by atoms with Crippen LogP contribution < -0.4 is 10.6 Å². The quantitative estimate of drug-likeness (QED) is 0.604. The number of amides is 2. The number of esters is 1. The Morgan fingerprint density at radius 1 is 1.35 bits per heavy atom. The molecule has 0 heterocycles. The lowest BCUT2D eigenvalue weighted by Crippen LogP contribution is -2.28. The van der Waals surface area contributed by atoms with Gasteiger partial charge in [0, 0.05) is 5.69 Å². The highest BCUT2D eigenvalue weighted by molar-refractivity contribution is 5.92. The minimum Gasteiger partial charge on any atom is -0.465 e. The van der Waals surface area contributed by atoms with Crippen molar-refractivity contribution in [2.45, 2.75) is 0 Å². The molecule has 0 aromatic heterocycles. The Morgan fingerprint density at radius 2 is 2.00 bits per heavy atom. The molecule has 1 rings (SSSR count). The molecular formula is C11H11N3O3. The van der Waals surface area contributed by atoms with E-state index in [-0.39, 0.29) is 6.54 Å². The average Bonchev–Trinajstić information content (AvgIpc) is 2.36. The van der Waals surface area contributed by atoms with Crippen LogP contribution in [0.5, 0.6) is 0 Å². The van der Waals surface area contributed by atoms with Crippen LogP contribution in [0.15, 0.2) is 24.3 Å². The molecule has 6 nitrogen and oxygen atoms in total. The second-order valence-corrected chi connectivity index (χ2v) is 3.03. The number of carbonyl (C=O) groups is 2. The topological polar surface area (TPSA) is 91.2 Å². The number of urea groups is 1. The van der Waals surface area contributed by atoms with E-state index in [0.717, 1.165) is 0 Å². The number of nitriles is 1. The molecule has 6 heteroatoms. The van der Waals surface area contributed by atoms with Gasteiger partial charge in [-0.2, -0.15) is 5.26 Å². The van der Waals surface area contributed by atoms with Gasteiger partial charge in [0.1, 0.15) is 6.54 Å². The van der Waals surface area contributed by atoms with E-state index in [9.17, 15) is 9.59 Å². The second-order valence-electron chi connectivity index (χ2n) is 3.03. The zero-order chi connectivity index (χ0) is 12.7. The molecule has 2 N–H and O–H groups in total. The molecule has 88 valence electrons. The Hall–Kier alpha value is -2.55. The van der Waals surface area contributed by atoms with Crippen molar-refractivity contribution in [1.82, 2.24) is 5.32 Å². The molecule has 0 aliphatic rings. The number of benzene rings is 1. The Labute approximate surface area is 98.2 Å². The normalized spacial score (nSPS) is 8.94. The van der Waals surface area contributed by atoms with E-state index >= 15 is 0 Å². The van der Waals surface area contributed by atoms with E-state index in [2.05, 4.69) is 15.4 Å². The fourth-order valence-electron chi connectivity index (χ4n) is 1.10. The van der Waals surface area contributed by atoms with Gasteiger partial charge in [-0.1, -0.05) is 0 Å². The van der Waals surface area contributed by atoms with Gasteiger partial charge in [-0.15, -0.1) is 0 Å². The molecule has 0 saturated heterocycles. The highest BCUT2D eigenvalue weighted by Gasteiger charge is 2.05. The summed E-state index contributed by atoms with van der Waals surface area (Å²) in [4.78, 5) is 22.3. The van der Waals surface area contributed by atoms with E-state index in [1.807, 2.05) is 0 Å². The molecule has 0 unspecified atom stereocenters. The van der Waals surface area contributed by atoms with Crippen molar-refractivity contribution in [3.05, 3.63) is 29.8 Å². The van der Waals surface area contributed by atoms with Gasteiger partial charge >= 0.3 is 12.0 Å². The van der Waals surface area contributed by atoms with Gasteiger partial charge in [0.15, 0.2) is 0 Å². The van der Waals surface area contributed by atoms with Crippen LogP contribution in [0.3, 0.4) is 0 Å². The van der Waals surface area contributed by atoms with Gasteiger partial charge < -0.3 is 15.4 Å². The molecule has 0 spiro atoms. The van der Waals surface area contributed by atoms with Gasteiger partial charge in [-0.3, -0.25) is 0 Å². The van der Waals surface area contributed by atoms with Crippen LogP contribution in [0.4, 0.5) is 10.5 Å². The first kappa shape index (κ1) is 12.5. The first-order valence-electron chi connectivity index (χ1n) is 4.77. The fourth-order valence-corrected chi connectivity index (χ4v) is 1.10. The molecule has 0 aliphatic heterocycles. The Bertz CT molecular complexity index is 448. The number of ether oxygens (including phenoxy) is 1. The van der Waals surface area contributed by atoms with Crippen molar-refractivity contribution >= 4 is 17.7 Å². The molecule has 0 aliphatic carbocycles. The summed E-state index contributed by atoms with van der Waals surface area (Å²) in [5.74, 6) is -0.439. The summed E-state index contributed by atoms with van der Waals surface area (Å²) in [7, 11) is 1.30. The summed E-state index contributed by atoms with van der Waals surface area (Å²) in [5, 5.41) is 13.1. The van der Waals surface area contributed by atoms with Crippen molar-refractivity contribution in [3.63, 3.8) is 0 Å². The summed E-state index contributed by atoms with van der Waals surface area (Å²) < 4.78 is 4.54. The smallest absolute Gasteiger partial charge is 0.337 e. The van der Waals surface area contributed by atoms with Crippen LogP contribution in [0.25, 0.3) is 0 Å². The van der Waals surface area contributed by atoms with Gasteiger partial charge in [-0.05, 0) is 24.3 Å². The number of hydrogen-bond donors (Lipinski definition) is 2. The van der Waals surface area contributed by atoms with Crippen molar-refractivity contribution in [3.8, 4) is 6.07 Å². The highest BCUT2D eigenvalue weighted by Crippen LogP contribution is 2.09. The number of methoxy groups -OCH3 is 1. The fraction of sp³-hybridized carbons (Fsp3) is 0.182. The minimum absolute atomic E-state index is 0.0634. The van der Waals surface area contributed by atoms with E-state index in [4.69, 9.17) is 5.26 Å². The van der Waals surface area contributed by atoms with Crippen molar-refractivity contribution in [1.29, 1.82) is 5.26 Å². The Kier molecular flexibility index (Phi) is 4.51. The number of nitrogens with zero attached hydrogens (tertiary/aromatic N) is 1. The Morgan fingerprint density at radius 3 is 2.53 bits per heavy atom. The molecule has 17 heavy (non-hydrogen) atoms. The van der Waals surface area contributed by atoms with Crippen LogP contribution in [0.2, 0.25) is 0 Å². The first-order chi connectivity index (χ1) is 8.17. The predicted octanol–water partition coefficient (Wildman–Crippen LogP) is 1.12. The molecule has 0 bridgehead atoms. The largest absolute Gasteiger partial charge is 0.465 e. The minimum atomic E-state index is -0.475. The molecule has 0 saturated carbocycles. The maximum Gasteiger partial charge on any atom is 0.337 e. The van der Waals surface area contributed by atoms with Crippen LogP contribution in [0, 0.1) is 11.3 Å². The summed E-state index contributed by atoms with van der Waals surface area (Å²) >= 11 is 0. The third-order valence-corrected chi connectivity index (χ3v) is 1.89. The SMILES string of the molecule is COC(=O)c1ccc(NC(=O)NCC#N)cc1. The molecular weight excluding hydrogens is 222 g/mol. The molecule has 0 radical (unpaired) electrons. The lowest BCUT2D eigenvalue weighted by Gasteiger charge is -2.05. The Balaban J connectivity index is 2.60. The number of carbonyl (C=O) groups excluding carboxylic acids is 2. The van der Waals surface area contributed by atoms with Crippen molar-refractivity contribution in [2.24, 2.45) is 0 Å². The molecule has 2 amide bonds. The lowest BCUT2D eigenvalue weighted by atomic mass is 10.2. The summed E-state index contributed by atoms with van der Waals surface area (Å²) in [6.45, 7) is -0.0634. The van der Waals surface area contributed by atoms with Crippen molar-refractivity contribution < 1.29 is 14.3 Å². The monoisotopic (exact) mass is 233 g/mol. The van der Waals surface area contributed by atoms with Crippen molar-refractivity contribution in [2.75, 3.05) is 19.0 Å². The van der Waals surface area contributed by atoms with Gasteiger partial charge in [-0.25, -0.2) is 9.59 Å². The molecule has 1 aromatic carbocycles. The van der Waals surface area contributed by atoms with E-state index in [1.54, 1.807) is 18.2 Å². The summed E-state index contributed by atoms with van der Waals surface area (Å²) in [6.07, 6.45) is 0. The van der Waals surface area contributed by atoms with E-state index in [0.29, 0.717) is 11.3 Å². The van der Waals surface area contributed by atoms with E-state index in [1.165, 1.54) is 19.2 Å². The zero-order valence-corrected chi connectivity index (χ0v) is 9.19. The van der Waals surface area contributed by atoms with Crippen LogP contribution in [0.1, 0.15) is 10.4 Å². The van der Waals surface area contributed by atoms with Crippen LogP contribution >= 0.6 is 0 Å². The number of anilines is 1. The second kappa shape index (κ2) is 6.12. The molecule has 1 aromatic rings. The maximum atomic E-state index is 11.2. The third kappa shape index (κ3) is 3.83. The maximum absolute atomic E-state index is 11.2. The summed E-state index contributed by atoms with van der Waals surface area (Å²) in [5.41, 5.74) is 0.920. The van der Waals surface area contributed by atoms with Crippen LogP contribution in [-0.2, 0) is 4.74 Å². The third-order valence-electron chi connectivity index (χ3n) is 1.89. The van der Waals surface area contributed by atoms with Gasteiger partial charge in [0.25, 0.3) is 0 Å². The predicted molar refractivity (Wildman–Crippen MR) is 60.4 cm³/mol. The first-order valence-corrected chi connectivity index (χ1v) is 4.77. The van der Waals surface area contributed by atoms with Gasteiger partial charge in [0.05, 0.1) is 18.7 Å². The highest BCUT2D eigenvalue weighted by atomic mass is 16.5. The number of rotatable bonds is 3. The van der Waals surface area contributed by atoms with E-state index < -0.39 is 12.0 Å². The molecule has 0 atom stereocenters. The van der Waals surface area contributed by atoms with Crippen LogP contribution in [-0.4, -0.2) is 25.7 Å². The number of hydrogen-bond acceptors (Lipinski definition) is 4. The summed E-state index contributed by atoms with van der Waals surface area (Å²) in [6, 6.07) is 7.51. The lowest BCUT2D eigenvalue weighted by molar-refractivity contribution is 0.0601. The number of nitrogens with one attached hydrogen (secondary N) is 2. The average molecular weight is 233 g/mol. The molecule has 0 fully saturated rings. The standard InChI is InChI=1S/C11H11N3O3/c1-17-10(15)8-2-4-9(5-3-8)14-11(16)13-7-6-12/h2-5H,7H2,1H3,(H2,13,14,16). The van der Waals surface area contributed by atoms with Gasteiger partial charge in [0.2, 0.25) is 0 Å². The zero-order valence-electron chi connectivity index (χ0n) is 9.19.